The first kappa shape index (κ1) is 23.5. The van der Waals surface area contributed by atoms with E-state index in [2.05, 4.69) is 5.32 Å². The molecule has 11 nitrogen and oxygen atoms in total. The Hall–Kier alpha value is -2.82. The van der Waals surface area contributed by atoms with Crippen LogP contribution in [-0.4, -0.2) is 79.5 Å². The standard InChI is InChI=1S/C19H29N3O8/c23-13(24)9-5-2-6-10-21-17(28)15(16(27)20-11-14(25)26)18(29)22(19(21)30)12-7-3-1-4-8-12/h12,18,28-29H,1-11H2,(H,20,27)(H,23,24)(H,25,26). The Balaban J connectivity index is 2.22. The predicted molar refractivity (Wildman–Crippen MR) is 103 cm³/mol. The molecule has 1 saturated carbocycles. The normalized spacial score (nSPS) is 20.4. The maximum atomic E-state index is 13.0. The van der Waals surface area contributed by atoms with Crippen LogP contribution in [0.1, 0.15) is 57.8 Å². The fraction of sp³-hybridized carbons (Fsp3) is 0.684. The van der Waals surface area contributed by atoms with Crippen LogP contribution in [0.3, 0.4) is 0 Å². The Morgan fingerprint density at radius 2 is 1.67 bits per heavy atom. The fourth-order valence-electron chi connectivity index (χ4n) is 3.84. The van der Waals surface area contributed by atoms with Crippen molar-refractivity contribution in [3.8, 4) is 0 Å². The molecule has 1 fully saturated rings. The summed E-state index contributed by atoms with van der Waals surface area (Å²) in [5, 5.41) is 40.9. The third-order valence-corrected chi connectivity index (χ3v) is 5.36. The van der Waals surface area contributed by atoms with E-state index in [4.69, 9.17) is 10.2 Å². The second-order valence-electron chi connectivity index (χ2n) is 7.53. The highest BCUT2D eigenvalue weighted by Gasteiger charge is 2.44. The summed E-state index contributed by atoms with van der Waals surface area (Å²) in [4.78, 5) is 49.1. The fourth-order valence-corrected chi connectivity index (χ4v) is 3.84. The van der Waals surface area contributed by atoms with Gasteiger partial charge in [-0.2, -0.15) is 0 Å². The molecule has 1 aliphatic heterocycles. The van der Waals surface area contributed by atoms with Crippen molar-refractivity contribution in [2.45, 2.75) is 70.1 Å². The molecule has 0 radical (unpaired) electrons. The number of urea groups is 1. The summed E-state index contributed by atoms with van der Waals surface area (Å²) in [6.45, 7) is -0.662. The number of hydrogen-bond acceptors (Lipinski definition) is 6. The first-order chi connectivity index (χ1) is 14.2. The molecule has 30 heavy (non-hydrogen) atoms. The molecule has 11 heteroatoms. The second-order valence-corrected chi connectivity index (χ2v) is 7.53. The average molecular weight is 427 g/mol. The van der Waals surface area contributed by atoms with Gasteiger partial charge in [-0.05, 0) is 25.7 Å². The number of nitrogens with zero attached hydrogens (tertiary/aromatic N) is 2. The summed E-state index contributed by atoms with van der Waals surface area (Å²) in [5.74, 6) is -3.88. The van der Waals surface area contributed by atoms with Crippen molar-refractivity contribution < 1.29 is 39.6 Å². The molecule has 168 valence electrons. The molecule has 0 spiro atoms. The Labute approximate surface area is 173 Å². The second kappa shape index (κ2) is 10.8. The van der Waals surface area contributed by atoms with Crippen molar-refractivity contribution in [1.29, 1.82) is 0 Å². The van der Waals surface area contributed by atoms with Gasteiger partial charge in [-0.3, -0.25) is 24.2 Å². The number of unbranched alkanes of at least 4 members (excludes halogenated alkanes) is 2. The van der Waals surface area contributed by atoms with E-state index in [1.807, 2.05) is 0 Å². The molecular weight excluding hydrogens is 398 g/mol. The molecular formula is C19H29N3O8. The maximum Gasteiger partial charge on any atom is 0.329 e. The van der Waals surface area contributed by atoms with E-state index in [0.29, 0.717) is 32.1 Å². The Kier molecular flexibility index (Phi) is 8.46. The van der Waals surface area contributed by atoms with Gasteiger partial charge < -0.3 is 25.7 Å². The highest BCUT2D eigenvalue weighted by molar-refractivity contribution is 5.98. The van der Waals surface area contributed by atoms with E-state index in [-0.39, 0.29) is 19.0 Å². The third kappa shape index (κ3) is 5.85. The molecule has 5 N–H and O–H groups in total. The van der Waals surface area contributed by atoms with Crippen LogP contribution < -0.4 is 5.32 Å². The van der Waals surface area contributed by atoms with E-state index in [1.165, 1.54) is 4.90 Å². The van der Waals surface area contributed by atoms with Gasteiger partial charge in [0, 0.05) is 19.0 Å². The van der Waals surface area contributed by atoms with Gasteiger partial charge >= 0.3 is 18.0 Å². The summed E-state index contributed by atoms with van der Waals surface area (Å²) in [5.41, 5.74) is -0.466. The van der Waals surface area contributed by atoms with Gasteiger partial charge in [0.15, 0.2) is 6.23 Å². The minimum absolute atomic E-state index is 0.00841. The van der Waals surface area contributed by atoms with E-state index in [0.717, 1.165) is 24.2 Å². The zero-order valence-electron chi connectivity index (χ0n) is 16.7. The molecule has 0 aromatic heterocycles. The number of carboxylic acids is 2. The summed E-state index contributed by atoms with van der Waals surface area (Å²) < 4.78 is 0. The molecule has 0 saturated heterocycles. The Morgan fingerprint density at radius 3 is 2.27 bits per heavy atom. The molecule has 2 aliphatic rings. The maximum absolute atomic E-state index is 13.0. The molecule has 0 bridgehead atoms. The van der Waals surface area contributed by atoms with Gasteiger partial charge in [0.05, 0.1) is 0 Å². The third-order valence-electron chi connectivity index (χ3n) is 5.36. The summed E-state index contributed by atoms with van der Waals surface area (Å²) >= 11 is 0. The molecule has 2 rings (SSSR count). The lowest BCUT2D eigenvalue weighted by molar-refractivity contribution is -0.138. The number of aliphatic hydroxyl groups excluding tert-OH is 2. The van der Waals surface area contributed by atoms with Crippen LogP contribution in [0, 0.1) is 0 Å². The number of rotatable bonds is 10. The predicted octanol–water partition coefficient (Wildman–Crippen LogP) is 0.991. The average Bonchev–Trinajstić information content (AvgIpc) is 2.69. The van der Waals surface area contributed by atoms with Gasteiger partial charge in [0.25, 0.3) is 5.91 Å². The minimum Gasteiger partial charge on any atom is -0.494 e. The van der Waals surface area contributed by atoms with E-state index in [1.54, 1.807) is 0 Å². The van der Waals surface area contributed by atoms with Crippen molar-refractivity contribution in [3.63, 3.8) is 0 Å². The lowest BCUT2D eigenvalue weighted by Crippen LogP contribution is -2.59. The topological polar surface area (TPSA) is 168 Å². The molecule has 1 atom stereocenters. The van der Waals surface area contributed by atoms with E-state index >= 15 is 0 Å². The number of carbonyl (C=O) groups is 4. The van der Waals surface area contributed by atoms with Crippen LogP contribution in [0.4, 0.5) is 4.79 Å². The number of hydrogen-bond donors (Lipinski definition) is 5. The first-order valence-corrected chi connectivity index (χ1v) is 10.2. The largest absolute Gasteiger partial charge is 0.494 e. The molecule has 0 aromatic carbocycles. The van der Waals surface area contributed by atoms with Crippen molar-refractivity contribution in [3.05, 3.63) is 11.5 Å². The van der Waals surface area contributed by atoms with Crippen LogP contribution >= 0.6 is 0 Å². The van der Waals surface area contributed by atoms with Crippen molar-refractivity contribution in [2.75, 3.05) is 13.1 Å². The lowest BCUT2D eigenvalue weighted by Gasteiger charge is -2.44. The van der Waals surface area contributed by atoms with Crippen LogP contribution in [0.15, 0.2) is 11.5 Å². The van der Waals surface area contributed by atoms with Gasteiger partial charge in [-0.1, -0.05) is 25.7 Å². The first-order valence-electron chi connectivity index (χ1n) is 10.2. The number of amides is 3. The van der Waals surface area contributed by atoms with Crippen LogP contribution in [0.2, 0.25) is 0 Å². The Morgan fingerprint density at radius 1 is 1.00 bits per heavy atom. The van der Waals surface area contributed by atoms with Crippen molar-refractivity contribution in [2.24, 2.45) is 0 Å². The quantitative estimate of drug-likeness (QED) is 0.322. The van der Waals surface area contributed by atoms with Gasteiger partial charge in [-0.25, -0.2) is 4.79 Å². The minimum atomic E-state index is -1.68. The van der Waals surface area contributed by atoms with Crippen LogP contribution in [-0.2, 0) is 14.4 Å². The molecule has 1 heterocycles. The number of nitrogens with one attached hydrogen (secondary N) is 1. The molecule has 0 aromatic rings. The zero-order chi connectivity index (χ0) is 22.3. The molecule has 3 amide bonds. The summed E-state index contributed by atoms with van der Waals surface area (Å²) in [6, 6.07) is -0.925. The Bertz CT molecular complexity index is 702. The summed E-state index contributed by atoms with van der Waals surface area (Å²) in [6.07, 6.45) is 3.65. The summed E-state index contributed by atoms with van der Waals surface area (Å²) in [7, 11) is 0. The van der Waals surface area contributed by atoms with Crippen LogP contribution in [0.5, 0.6) is 0 Å². The number of aliphatic hydroxyl groups is 2. The smallest absolute Gasteiger partial charge is 0.329 e. The van der Waals surface area contributed by atoms with Gasteiger partial charge in [0.1, 0.15) is 12.1 Å². The zero-order valence-corrected chi connectivity index (χ0v) is 16.7. The number of aliphatic carboxylic acids is 2. The van der Waals surface area contributed by atoms with Gasteiger partial charge in [0.2, 0.25) is 5.88 Å². The van der Waals surface area contributed by atoms with E-state index in [9.17, 15) is 29.4 Å². The van der Waals surface area contributed by atoms with Crippen LogP contribution in [0.25, 0.3) is 0 Å². The monoisotopic (exact) mass is 427 g/mol. The molecule has 1 unspecified atom stereocenters. The van der Waals surface area contributed by atoms with E-state index < -0.39 is 48.1 Å². The number of carboxylic acid groups (broad SMARTS) is 2. The van der Waals surface area contributed by atoms with Crippen molar-refractivity contribution in [1.82, 2.24) is 15.1 Å². The van der Waals surface area contributed by atoms with Crippen molar-refractivity contribution >= 4 is 23.9 Å². The highest BCUT2D eigenvalue weighted by Crippen LogP contribution is 2.32. The molecule has 1 aliphatic carbocycles. The highest BCUT2D eigenvalue weighted by atomic mass is 16.4. The van der Waals surface area contributed by atoms with Gasteiger partial charge in [-0.15, -0.1) is 0 Å². The number of carbonyl (C=O) groups excluding carboxylic acids is 2. The lowest BCUT2D eigenvalue weighted by atomic mass is 9.93. The SMILES string of the molecule is O=C(O)CCCCCN1C(=O)N(C2CCCCC2)C(O)C(C(=O)NCC(=O)O)=C1O.